The minimum absolute atomic E-state index is 0.230. The average molecular weight is 278 g/mol. The molecule has 1 heterocycles. The van der Waals surface area contributed by atoms with E-state index >= 15 is 0 Å². The lowest BCUT2D eigenvalue weighted by molar-refractivity contribution is 0.00431. The maximum atomic E-state index is 6.02. The Bertz CT molecular complexity index is 403. The molecule has 1 aliphatic heterocycles. The van der Waals surface area contributed by atoms with Gasteiger partial charge in [-0.05, 0) is 25.8 Å². The van der Waals surface area contributed by atoms with Crippen LogP contribution in [0.4, 0.5) is 0 Å². The summed E-state index contributed by atoms with van der Waals surface area (Å²) in [6, 6.07) is 8.40. The van der Waals surface area contributed by atoms with E-state index < -0.39 is 0 Å². The van der Waals surface area contributed by atoms with Gasteiger partial charge in [0.15, 0.2) is 0 Å². The topological polar surface area (TPSA) is 47.7 Å². The Morgan fingerprint density at radius 3 is 2.60 bits per heavy atom. The van der Waals surface area contributed by atoms with Crippen molar-refractivity contribution in [3.63, 3.8) is 0 Å². The number of piperidine rings is 1. The van der Waals surface area contributed by atoms with Gasteiger partial charge in [-0.25, -0.2) is 0 Å². The van der Waals surface area contributed by atoms with Crippen LogP contribution in [0.3, 0.4) is 0 Å². The van der Waals surface area contributed by atoms with Gasteiger partial charge in [-0.2, -0.15) is 0 Å². The first kappa shape index (κ1) is 15.3. The molecule has 4 heteroatoms. The Morgan fingerprint density at radius 1 is 1.30 bits per heavy atom. The first-order valence-electron chi connectivity index (χ1n) is 7.48. The first-order valence-corrected chi connectivity index (χ1v) is 7.48. The van der Waals surface area contributed by atoms with Crippen LogP contribution in [0.2, 0.25) is 0 Å². The van der Waals surface area contributed by atoms with E-state index in [4.69, 9.17) is 15.2 Å². The van der Waals surface area contributed by atoms with Crippen molar-refractivity contribution in [1.29, 1.82) is 0 Å². The van der Waals surface area contributed by atoms with Crippen LogP contribution in [0, 0.1) is 0 Å². The Morgan fingerprint density at radius 2 is 2.00 bits per heavy atom. The lowest BCUT2D eigenvalue weighted by atomic mass is 9.99. The van der Waals surface area contributed by atoms with E-state index in [0.29, 0.717) is 12.6 Å². The molecule has 0 spiro atoms. The monoisotopic (exact) mass is 278 g/mol. The minimum atomic E-state index is 0.230. The summed E-state index contributed by atoms with van der Waals surface area (Å²) in [5.41, 5.74) is 7.21. The van der Waals surface area contributed by atoms with Crippen LogP contribution in [-0.4, -0.2) is 44.4 Å². The van der Waals surface area contributed by atoms with Gasteiger partial charge in [-0.3, -0.25) is 4.90 Å². The fourth-order valence-electron chi connectivity index (χ4n) is 3.00. The van der Waals surface area contributed by atoms with Crippen molar-refractivity contribution in [2.24, 2.45) is 5.73 Å². The van der Waals surface area contributed by atoms with Crippen molar-refractivity contribution in [3.05, 3.63) is 29.8 Å². The molecule has 0 saturated carbocycles. The number of nitrogens with two attached hydrogens (primary N) is 1. The third kappa shape index (κ3) is 3.51. The van der Waals surface area contributed by atoms with E-state index in [1.807, 2.05) is 18.2 Å². The number of rotatable bonds is 6. The first-order chi connectivity index (χ1) is 9.80. The molecule has 1 unspecified atom stereocenters. The third-order valence-corrected chi connectivity index (χ3v) is 4.04. The fourth-order valence-corrected chi connectivity index (χ4v) is 3.00. The van der Waals surface area contributed by atoms with Crippen molar-refractivity contribution in [3.8, 4) is 5.75 Å². The van der Waals surface area contributed by atoms with Crippen LogP contribution in [0.5, 0.6) is 5.75 Å². The molecular formula is C16H26N2O2. The molecule has 1 fully saturated rings. The lowest BCUT2D eigenvalue weighted by Gasteiger charge is -2.37. The molecular weight excluding hydrogens is 252 g/mol. The summed E-state index contributed by atoms with van der Waals surface area (Å²) in [5, 5.41) is 0. The van der Waals surface area contributed by atoms with Gasteiger partial charge < -0.3 is 15.2 Å². The van der Waals surface area contributed by atoms with Gasteiger partial charge >= 0.3 is 0 Å². The van der Waals surface area contributed by atoms with E-state index in [2.05, 4.69) is 17.9 Å². The highest BCUT2D eigenvalue weighted by Gasteiger charge is 2.27. The molecule has 1 atom stereocenters. The Hall–Kier alpha value is -1.10. The molecule has 1 saturated heterocycles. The van der Waals surface area contributed by atoms with E-state index in [-0.39, 0.29) is 6.04 Å². The van der Waals surface area contributed by atoms with Gasteiger partial charge in [0.1, 0.15) is 5.75 Å². The number of hydrogen-bond donors (Lipinski definition) is 1. The zero-order valence-corrected chi connectivity index (χ0v) is 12.5. The van der Waals surface area contributed by atoms with E-state index in [1.165, 1.54) is 5.56 Å². The molecule has 0 aliphatic carbocycles. The summed E-state index contributed by atoms with van der Waals surface area (Å²) in [6.45, 7) is 5.54. The molecule has 1 aromatic rings. The summed E-state index contributed by atoms with van der Waals surface area (Å²) in [7, 11) is 1.72. The average Bonchev–Trinajstić information content (AvgIpc) is 2.50. The van der Waals surface area contributed by atoms with Crippen molar-refractivity contribution >= 4 is 0 Å². The number of ether oxygens (including phenoxy) is 2. The molecule has 4 nitrogen and oxygen atoms in total. The summed E-state index contributed by atoms with van der Waals surface area (Å²) in [5.74, 6) is 0.926. The van der Waals surface area contributed by atoms with Crippen molar-refractivity contribution in [2.75, 3.05) is 33.4 Å². The highest BCUT2D eigenvalue weighted by atomic mass is 16.5. The number of methoxy groups -OCH3 is 1. The fraction of sp³-hybridized carbons (Fsp3) is 0.625. The second-order valence-electron chi connectivity index (χ2n) is 5.18. The highest BCUT2D eigenvalue weighted by Crippen LogP contribution is 2.30. The summed E-state index contributed by atoms with van der Waals surface area (Å²) in [4.78, 5) is 2.45. The Labute approximate surface area is 121 Å². The Kier molecular flexibility index (Phi) is 5.83. The van der Waals surface area contributed by atoms with Crippen LogP contribution >= 0.6 is 0 Å². The van der Waals surface area contributed by atoms with Gasteiger partial charge in [0.25, 0.3) is 0 Å². The minimum Gasteiger partial charge on any atom is -0.496 e. The highest BCUT2D eigenvalue weighted by molar-refractivity contribution is 5.36. The van der Waals surface area contributed by atoms with Crippen LogP contribution in [0.1, 0.15) is 31.4 Å². The number of nitrogens with zero attached hydrogens (tertiary/aromatic N) is 1. The van der Waals surface area contributed by atoms with Crippen LogP contribution in [0.15, 0.2) is 24.3 Å². The molecule has 20 heavy (non-hydrogen) atoms. The number of likely N-dealkylation sites (tertiary alicyclic amines) is 1. The summed E-state index contributed by atoms with van der Waals surface area (Å²) in [6.07, 6.45) is 2.58. The van der Waals surface area contributed by atoms with E-state index in [0.717, 1.165) is 38.3 Å². The van der Waals surface area contributed by atoms with Crippen molar-refractivity contribution < 1.29 is 9.47 Å². The second kappa shape index (κ2) is 7.62. The van der Waals surface area contributed by atoms with Gasteiger partial charge in [0.2, 0.25) is 0 Å². The summed E-state index contributed by atoms with van der Waals surface area (Å²) < 4.78 is 11.2. The van der Waals surface area contributed by atoms with Crippen LogP contribution < -0.4 is 10.5 Å². The molecule has 1 aromatic carbocycles. The van der Waals surface area contributed by atoms with Gasteiger partial charge in [0, 0.05) is 31.8 Å². The van der Waals surface area contributed by atoms with Crippen LogP contribution in [-0.2, 0) is 4.74 Å². The predicted octanol–water partition coefficient (Wildman–Crippen LogP) is 2.20. The molecule has 2 rings (SSSR count). The van der Waals surface area contributed by atoms with Gasteiger partial charge in [-0.15, -0.1) is 0 Å². The molecule has 0 amide bonds. The second-order valence-corrected chi connectivity index (χ2v) is 5.18. The summed E-state index contributed by atoms with van der Waals surface area (Å²) >= 11 is 0. The SMILES string of the molecule is CCOC1CCN(C(CN)c2ccccc2OC)CC1. The standard InChI is InChI=1S/C16H26N2O2/c1-3-20-13-8-10-18(11-9-13)15(12-17)14-6-4-5-7-16(14)19-2/h4-7,13,15H,3,8-12,17H2,1-2H3. The normalized spacial score (nSPS) is 18.9. The largest absolute Gasteiger partial charge is 0.496 e. The zero-order valence-electron chi connectivity index (χ0n) is 12.5. The molecule has 0 radical (unpaired) electrons. The van der Waals surface area contributed by atoms with Gasteiger partial charge in [0.05, 0.1) is 19.3 Å². The number of benzene rings is 1. The molecule has 1 aliphatic rings. The lowest BCUT2D eigenvalue weighted by Crippen LogP contribution is -2.42. The number of para-hydroxylation sites is 1. The van der Waals surface area contributed by atoms with Gasteiger partial charge in [-0.1, -0.05) is 18.2 Å². The molecule has 112 valence electrons. The smallest absolute Gasteiger partial charge is 0.123 e. The predicted molar refractivity (Wildman–Crippen MR) is 81.0 cm³/mol. The quantitative estimate of drug-likeness (QED) is 0.866. The maximum absolute atomic E-state index is 6.02. The molecule has 2 N–H and O–H groups in total. The molecule has 0 bridgehead atoms. The van der Waals surface area contributed by atoms with Crippen molar-refractivity contribution in [2.45, 2.75) is 31.9 Å². The Balaban J connectivity index is 2.06. The molecule has 0 aromatic heterocycles. The van der Waals surface area contributed by atoms with Crippen molar-refractivity contribution in [1.82, 2.24) is 4.90 Å². The third-order valence-electron chi connectivity index (χ3n) is 4.04. The number of hydrogen-bond acceptors (Lipinski definition) is 4. The van der Waals surface area contributed by atoms with E-state index in [9.17, 15) is 0 Å². The zero-order chi connectivity index (χ0) is 14.4. The maximum Gasteiger partial charge on any atom is 0.123 e. The van der Waals surface area contributed by atoms with E-state index in [1.54, 1.807) is 7.11 Å². The van der Waals surface area contributed by atoms with Crippen LogP contribution in [0.25, 0.3) is 0 Å².